The molecule has 4 heteroatoms. The number of rotatable bonds is 9. The molecule has 31 heavy (non-hydrogen) atoms. The number of ether oxygens (including phenoxy) is 1. The Morgan fingerprint density at radius 1 is 0.903 bits per heavy atom. The summed E-state index contributed by atoms with van der Waals surface area (Å²) >= 11 is 0. The van der Waals surface area contributed by atoms with Gasteiger partial charge >= 0.3 is 0 Å². The number of hydrogen-bond acceptors (Lipinski definition) is 3. The first-order valence-electron chi connectivity index (χ1n) is 10.6. The van der Waals surface area contributed by atoms with E-state index in [-0.39, 0.29) is 11.6 Å². The molecule has 3 aromatic rings. The molecule has 0 aliphatic rings. The van der Waals surface area contributed by atoms with Crippen LogP contribution < -0.4 is 4.74 Å². The number of hydrogen-bond donors (Lipinski definition) is 0. The van der Waals surface area contributed by atoms with Crippen LogP contribution in [-0.4, -0.2) is 37.9 Å². The Bertz CT molecular complexity index is 1020. The Hall–Kier alpha value is -2.98. The number of Topliss-reactive ketones (excluding diaryl/α,β-unsaturated/α-hetero) is 1. The van der Waals surface area contributed by atoms with Crippen molar-refractivity contribution in [2.75, 3.05) is 27.2 Å². The van der Waals surface area contributed by atoms with Gasteiger partial charge in [0.1, 0.15) is 18.2 Å². The summed E-state index contributed by atoms with van der Waals surface area (Å²) < 4.78 is 19.2. The summed E-state index contributed by atoms with van der Waals surface area (Å²) in [7, 11) is 4.02. The molecular weight excluding hydrogens is 389 g/mol. The van der Waals surface area contributed by atoms with Crippen molar-refractivity contribution in [2.45, 2.75) is 26.7 Å². The Kier molecular flexibility index (Phi) is 7.59. The average molecular weight is 420 g/mol. The monoisotopic (exact) mass is 419 g/mol. The van der Waals surface area contributed by atoms with E-state index < -0.39 is 0 Å². The van der Waals surface area contributed by atoms with Crippen LogP contribution >= 0.6 is 0 Å². The third-order valence-corrected chi connectivity index (χ3v) is 5.20. The first-order valence-corrected chi connectivity index (χ1v) is 10.6. The summed E-state index contributed by atoms with van der Waals surface area (Å²) in [5.41, 5.74) is 6.23. The fourth-order valence-electron chi connectivity index (χ4n) is 3.60. The molecule has 0 aliphatic heterocycles. The van der Waals surface area contributed by atoms with Gasteiger partial charge in [0, 0.05) is 18.5 Å². The van der Waals surface area contributed by atoms with Gasteiger partial charge in [-0.25, -0.2) is 4.39 Å². The third-order valence-electron chi connectivity index (χ3n) is 5.20. The molecule has 3 rings (SSSR count). The average Bonchev–Trinajstić information content (AvgIpc) is 2.72. The fourth-order valence-corrected chi connectivity index (χ4v) is 3.60. The van der Waals surface area contributed by atoms with Crippen molar-refractivity contribution in [3.8, 4) is 16.9 Å². The molecule has 0 spiro atoms. The highest BCUT2D eigenvalue weighted by Crippen LogP contribution is 2.29. The van der Waals surface area contributed by atoms with Gasteiger partial charge in [0.05, 0.1) is 0 Å². The summed E-state index contributed by atoms with van der Waals surface area (Å²) in [6.45, 7) is 5.58. The minimum atomic E-state index is -0.339. The lowest BCUT2D eigenvalue weighted by molar-refractivity contribution is 0.0982. The van der Waals surface area contributed by atoms with Gasteiger partial charge < -0.3 is 9.64 Å². The lowest BCUT2D eigenvalue weighted by Gasteiger charge is -2.16. The zero-order valence-corrected chi connectivity index (χ0v) is 18.7. The van der Waals surface area contributed by atoms with E-state index in [2.05, 4.69) is 49.1 Å². The molecule has 0 amide bonds. The molecule has 0 aromatic heterocycles. The van der Waals surface area contributed by atoms with E-state index in [0.29, 0.717) is 25.0 Å². The molecule has 0 saturated carbocycles. The van der Waals surface area contributed by atoms with Gasteiger partial charge in [-0.05, 0) is 87.5 Å². The summed E-state index contributed by atoms with van der Waals surface area (Å²) in [5, 5.41) is 0. The maximum absolute atomic E-state index is 13.2. The molecule has 3 nitrogen and oxygen atoms in total. The topological polar surface area (TPSA) is 29.5 Å². The highest BCUT2D eigenvalue weighted by atomic mass is 19.1. The van der Waals surface area contributed by atoms with Crippen LogP contribution in [0, 0.1) is 19.7 Å². The molecule has 0 atom stereocenters. The SMILES string of the molecule is Cc1cc(C)cc(-c2ccc(OCCN(C)C)c(CCC(=O)c3ccc(F)cc3)c2)c1. The van der Waals surface area contributed by atoms with Crippen molar-refractivity contribution in [1.82, 2.24) is 4.90 Å². The van der Waals surface area contributed by atoms with Crippen LogP contribution in [0.2, 0.25) is 0 Å². The molecule has 3 aromatic carbocycles. The Morgan fingerprint density at radius 3 is 2.23 bits per heavy atom. The van der Waals surface area contributed by atoms with Crippen molar-refractivity contribution < 1.29 is 13.9 Å². The van der Waals surface area contributed by atoms with Crippen molar-refractivity contribution in [1.29, 1.82) is 0 Å². The van der Waals surface area contributed by atoms with E-state index in [4.69, 9.17) is 4.74 Å². The minimum Gasteiger partial charge on any atom is -0.492 e. The smallest absolute Gasteiger partial charge is 0.163 e. The van der Waals surface area contributed by atoms with Crippen LogP contribution in [0.5, 0.6) is 5.75 Å². The molecule has 0 heterocycles. The van der Waals surface area contributed by atoms with Gasteiger partial charge in [-0.3, -0.25) is 4.79 Å². The molecule has 0 N–H and O–H groups in total. The van der Waals surface area contributed by atoms with Gasteiger partial charge in [-0.2, -0.15) is 0 Å². The molecule has 0 unspecified atom stereocenters. The maximum Gasteiger partial charge on any atom is 0.163 e. The summed E-state index contributed by atoms with van der Waals surface area (Å²) in [4.78, 5) is 14.7. The number of aryl methyl sites for hydroxylation is 3. The van der Waals surface area contributed by atoms with Gasteiger partial charge in [0.25, 0.3) is 0 Å². The predicted molar refractivity (Wildman–Crippen MR) is 124 cm³/mol. The second kappa shape index (κ2) is 10.4. The number of halogens is 1. The first-order chi connectivity index (χ1) is 14.8. The van der Waals surface area contributed by atoms with Crippen LogP contribution in [0.25, 0.3) is 11.1 Å². The molecule has 0 bridgehead atoms. The fraction of sp³-hybridized carbons (Fsp3) is 0.296. The second-order valence-corrected chi connectivity index (χ2v) is 8.28. The lowest BCUT2D eigenvalue weighted by Crippen LogP contribution is -2.19. The molecule has 0 saturated heterocycles. The van der Waals surface area contributed by atoms with E-state index in [1.807, 2.05) is 20.2 Å². The van der Waals surface area contributed by atoms with E-state index in [9.17, 15) is 9.18 Å². The van der Waals surface area contributed by atoms with Crippen molar-refractivity contribution >= 4 is 5.78 Å². The van der Waals surface area contributed by atoms with Gasteiger partial charge in [-0.1, -0.05) is 35.4 Å². The standard InChI is InChI=1S/C27H30FNO2/c1-19-15-20(2)17-24(16-19)22-8-12-27(31-14-13-29(3)4)23(18-22)7-11-26(30)21-5-9-25(28)10-6-21/h5-6,8-10,12,15-18H,7,11,13-14H2,1-4H3. The van der Waals surface area contributed by atoms with E-state index in [1.165, 1.54) is 35.4 Å². The predicted octanol–water partition coefficient (Wildman–Crippen LogP) is 5.87. The zero-order chi connectivity index (χ0) is 22.4. The molecule has 0 fully saturated rings. The van der Waals surface area contributed by atoms with Gasteiger partial charge in [0.15, 0.2) is 5.78 Å². The minimum absolute atomic E-state index is 0.00366. The van der Waals surface area contributed by atoms with Crippen LogP contribution in [0.15, 0.2) is 60.7 Å². The quantitative estimate of drug-likeness (QED) is 0.407. The van der Waals surface area contributed by atoms with Gasteiger partial charge in [-0.15, -0.1) is 0 Å². The maximum atomic E-state index is 13.2. The Labute approximate surface area is 184 Å². The van der Waals surface area contributed by atoms with E-state index in [1.54, 1.807) is 0 Å². The largest absolute Gasteiger partial charge is 0.492 e. The van der Waals surface area contributed by atoms with Crippen molar-refractivity contribution in [2.24, 2.45) is 0 Å². The lowest BCUT2D eigenvalue weighted by atomic mass is 9.96. The third kappa shape index (κ3) is 6.50. The Balaban J connectivity index is 1.84. The van der Waals surface area contributed by atoms with Crippen molar-refractivity contribution in [3.05, 3.63) is 88.7 Å². The first kappa shape index (κ1) is 22.7. The summed E-state index contributed by atoms with van der Waals surface area (Å²) in [6, 6.07) is 18.4. The highest BCUT2D eigenvalue weighted by Gasteiger charge is 2.12. The van der Waals surface area contributed by atoms with Crippen LogP contribution in [0.1, 0.15) is 33.5 Å². The molecule has 0 radical (unpaired) electrons. The van der Waals surface area contributed by atoms with Crippen LogP contribution in [0.3, 0.4) is 0 Å². The van der Waals surface area contributed by atoms with E-state index >= 15 is 0 Å². The second-order valence-electron chi connectivity index (χ2n) is 8.28. The number of nitrogens with zero attached hydrogens (tertiary/aromatic N) is 1. The normalized spacial score (nSPS) is 11.0. The van der Waals surface area contributed by atoms with E-state index in [0.717, 1.165) is 29.0 Å². The highest BCUT2D eigenvalue weighted by molar-refractivity contribution is 5.96. The Morgan fingerprint density at radius 2 is 1.58 bits per heavy atom. The van der Waals surface area contributed by atoms with Crippen molar-refractivity contribution in [3.63, 3.8) is 0 Å². The number of carbonyl (C=O) groups excluding carboxylic acids is 1. The molecule has 0 aliphatic carbocycles. The molecule has 162 valence electrons. The number of benzene rings is 3. The number of carbonyl (C=O) groups is 1. The van der Waals surface area contributed by atoms with Crippen LogP contribution in [-0.2, 0) is 6.42 Å². The number of likely N-dealkylation sites (N-methyl/N-ethyl adjacent to an activating group) is 1. The molecular formula is C27H30FNO2. The van der Waals surface area contributed by atoms with Gasteiger partial charge in [0.2, 0.25) is 0 Å². The summed E-state index contributed by atoms with van der Waals surface area (Å²) in [6.07, 6.45) is 0.901. The van der Waals surface area contributed by atoms with Crippen LogP contribution in [0.4, 0.5) is 4.39 Å². The summed E-state index contributed by atoms with van der Waals surface area (Å²) in [5.74, 6) is 0.465. The number of ketones is 1. The zero-order valence-electron chi connectivity index (χ0n) is 18.7.